The summed E-state index contributed by atoms with van der Waals surface area (Å²) in [5, 5.41) is 9.15. The van der Waals surface area contributed by atoms with E-state index in [1.807, 2.05) is 11.5 Å². The number of halogens is 2. The second-order valence-electron chi connectivity index (χ2n) is 5.58. The Morgan fingerprint density at radius 3 is 2.72 bits per heavy atom. The molecule has 4 rings (SSSR count). The second kappa shape index (κ2) is 6.26. The summed E-state index contributed by atoms with van der Waals surface area (Å²) >= 11 is 4.48. The summed E-state index contributed by atoms with van der Waals surface area (Å²) in [7, 11) is 0. The molecule has 0 bridgehead atoms. The highest BCUT2D eigenvalue weighted by Gasteiger charge is 2.32. The summed E-state index contributed by atoms with van der Waals surface area (Å²) in [5.41, 5.74) is 0.453. The van der Waals surface area contributed by atoms with Gasteiger partial charge in [-0.15, -0.1) is 10.2 Å². The van der Waals surface area contributed by atoms with E-state index in [2.05, 4.69) is 35.5 Å². The molecule has 0 saturated heterocycles. The van der Waals surface area contributed by atoms with Crippen LogP contribution < -0.4 is 0 Å². The Bertz CT molecular complexity index is 940. The van der Waals surface area contributed by atoms with Crippen molar-refractivity contribution in [1.82, 2.24) is 29.0 Å². The van der Waals surface area contributed by atoms with Crippen molar-refractivity contribution in [2.24, 2.45) is 0 Å². The van der Waals surface area contributed by atoms with Gasteiger partial charge in [-0.3, -0.25) is 4.79 Å². The van der Waals surface area contributed by atoms with Crippen LogP contribution in [0.4, 0.5) is 4.39 Å². The lowest BCUT2D eigenvalue weighted by Crippen LogP contribution is -2.41. The number of aromatic nitrogens is 5. The average Bonchev–Trinajstić information content (AvgIpc) is 3.21. The molecule has 0 N–H and O–H groups in total. The molecule has 1 aromatic carbocycles. The zero-order valence-electron chi connectivity index (χ0n) is 13.1. The van der Waals surface area contributed by atoms with Crippen molar-refractivity contribution in [3.8, 4) is 10.8 Å². The van der Waals surface area contributed by atoms with Crippen LogP contribution in [0.2, 0.25) is 0 Å². The van der Waals surface area contributed by atoms with Gasteiger partial charge in [0, 0.05) is 18.7 Å². The fraction of sp³-hybridized carbons (Fsp3) is 0.267. The van der Waals surface area contributed by atoms with E-state index in [0.717, 1.165) is 0 Å². The van der Waals surface area contributed by atoms with Crippen molar-refractivity contribution in [3.05, 3.63) is 46.2 Å². The van der Waals surface area contributed by atoms with Crippen LogP contribution in [0.3, 0.4) is 0 Å². The number of carbonyl (C=O) groups excluding carboxylic acids is 1. The summed E-state index contributed by atoms with van der Waals surface area (Å²) in [6.45, 7) is 2.97. The van der Waals surface area contributed by atoms with Crippen molar-refractivity contribution in [2.75, 3.05) is 6.54 Å². The minimum atomic E-state index is -0.365. The van der Waals surface area contributed by atoms with Crippen LogP contribution in [0.5, 0.6) is 0 Å². The third kappa shape index (κ3) is 2.85. The van der Waals surface area contributed by atoms with Crippen LogP contribution in [0, 0.1) is 5.82 Å². The van der Waals surface area contributed by atoms with Crippen molar-refractivity contribution >= 4 is 33.4 Å². The van der Waals surface area contributed by atoms with Gasteiger partial charge in [0.05, 0.1) is 6.04 Å². The summed E-state index contributed by atoms with van der Waals surface area (Å²) in [5.74, 6) is 0.833. The molecule has 3 aromatic rings. The van der Waals surface area contributed by atoms with Crippen LogP contribution in [0.15, 0.2) is 29.0 Å². The normalized spacial score (nSPS) is 16.8. The van der Waals surface area contributed by atoms with Crippen LogP contribution in [-0.4, -0.2) is 41.5 Å². The summed E-state index contributed by atoms with van der Waals surface area (Å²) in [6, 6.07) is 5.32. The molecule has 10 heteroatoms. The Morgan fingerprint density at radius 2 is 2.04 bits per heavy atom. The van der Waals surface area contributed by atoms with Gasteiger partial charge in [-0.25, -0.2) is 9.37 Å². The van der Waals surface area contributed by atoms with E-state index in [9.17, 15) is 9.18 Å². The van der Waals surface area contributed by atoms with E-state index < -0.39 is 0 Å². The van der Waals surface area contributed by atoms with Gasteiger partial charge in [-0.2, -0.15) is 4.37 Å². The van der Waals surface area contributed by atoms with E-state index >= 15 is 0 Å². The van der Waals surface area contributed by atoms with Gasteiger partial charge in [-0.05, 0) is 58.7 Å². The molecule has 0 radical (unpaired) electrons. The lowest BCUT2D eigenvalue weighted by Gasteiger charge is -2.33. The van der Waals surface area contributed by atoms with Gasteiger partial charge in [0.25, 0.3) is 5.91 Å². The molecule has 1 aliphatic heterocycles. The fourth-order valence-electron chi connectivity index (χ4n) is 2.88. The molecule has 0 spiro atoms. The summed E-state index contributed by atoms with van der Waals surface area (Å²) in [6.07, 6.45) is 0. The maximum atomic E-state index is 13.1. The largest absolute Gasteiger partial charge is 0.327 e. The molecule has 0 aliphatic carbocycles. The van der Waals surface area contributed by atoms with Gasteiger partial charge in [-0.1, -0.05) is 0 Å². The zero-order valence-corrected chi connectivity index (χ0v) is 15.5. The molecule has 0 fully saturated rings. The molecule has 3 heterocycles. The van der Waals surface area contributed by atoms with Gasteiger partial charge in [0.2, 0.25) is 4.73 Å². The van der Waals surface area contributed by atoms with Gasteiger partial charge < -0.3 is 9.47 Å². The lowest BCUT2D eigenvalue weighted by atomic mass is 10.1. The highest BCUT2D eigenvalue weighted by atomic mass is 79.9. The quantitative estimate of drug-likeness (QED) is 0.634. The zero-order chi connectivity index (χ0) is 17.6. The van der Waals surface area contributed by atoms with Crippen LogP contribution >= 0.6 is 27.5 Å². The predicted octanol–water partition coefficient (Wildman–Crippen LogP) is 2.92. The highest BCUT2D eigenvalue weighted by Crippen LogP contribution is 2.30. The first kappa shape index (κ1) is 16.3. The number of hydrogen-bond donors (Lipinski definition) is 0. The summed E-state index contributed by atoms with van der Waals surface area (Å²) < 4.78 is 19.7. The van der Waals surface area contributed by atoms with Crippen LogP contribution in [0.1, 0.15) is 29.1 Å². The van der Waals surface area contributed by atoms with E-state index in [0.29, 0.717) is 40.0 Å². The van der Waals surface area contributed by atoms with Crippen LogP contribution in [-0.2, 0) is 6.54 Å². The minimum absolute atomic E-state index is 0.151. The van der Waals surface area contributed by atoms with Gasteiger partial charge in [0.15, 0.2) is 16.7 Å². The third-order valence-corrected chi connectivity index (χ3v) is 5.43. The maximum Gasteiger partial charge on any atom is 0.254 e. The first-order chi connectivity index (χ1) is 12.0. The minimum Gasteiger partial charge on any atom is -0.327 e. The van der Waals surface area contributed by atoms with Crippen molar-refractivity contribution in [2.45, 2.75) is 19.5 Å². The Kier molecular flexibility index (Phi) is 4.08. The Hall–Kier alpha value is -2.20. The SMILES string of the molecule is C[C@@H]1c2nnc(-c3nc(Br)ns3)n2CCN1C(=O)c1ccc(F)cc1. The van der Waals surface area contributed by atoms with E-state index in [1.165, 1.54) is 35.8 Å². The number of carbonyl (C=O) groups is 1. The van der Waals surface area contributed by atoms with E-state index in [4.69, 9.17) is 0 Å². The molecule has 1 aliphatic rings. The Morgan fingerprint density at radius 1 is 1.28 bits per heavy atom. The molecule has 0 saturated carbocycles. The number of benzene rings is 1. The second-order valence-corrected chi connectivity index (χ2v) is 7.04. The molecule has 1 atom stereocenters. The van der Waals surface area contributed by atoms with Crippen molar-refractivity contribution in [3.63, 3.8) is 0 Å². The predicted molar refractivity (Wildman–Crippen MR) is 92.5 cm³/mol. The topological polar surface area (TPSA) is 76.8 Å². The molecular formula is C15H12BrFN6OS. The number of nitrogens with zero attached hydrogens (tertiary/aromatic N) is 6. The number of hydrogen-bond acceptors (Lipinski definition) is 6. The number of amides is 1. The first-order valence-corrected chi connectivity index (χ1v) is 9.10. The molecular weight excluding hydrogens is 411 g/mol. The first-order valence-electron chi connectivity index (χ1n) is 7.54. The van der Waals surface area contributed by atoms with Crippen LogP contribution in [0.25, 0.3) is 10.8 Å². The lowest BCUT2D eigenvalue weighted by molar-refractivity contribution is 0.0638. The molecule has 1 amide bonds. The van der Waals surface area contributed by atoms with Crippen molar-refractivity contribution < 1.29 is 9.18 Å². The van der Waals surface area contributed by atoms with Crippen molar-refractivity contribution in [1.29, 1.82) is 0 Å². The molecule has 128 valence electrons. The average molecular weight is 423 g/mol. The number of fused-ring (bicyclic) bond motifs is 1. The van der Waals surface area contributed by atoms with E-state index in [1.54, 1.807) is 4.90 Å². The smallest absolute Gasteiger partial charge is 0.254 e. The molecule has 2 aromatic heterocycles. The number of rotatable bonds is 2. The molecule has 25 heavy (non-hydrogen) atoms. The third-order valence-electron chi connectivity index (χ3n) is 4.13. The highest BCUT2D eigenvalue weighted by molar-refractivity contribution is 9.10. The monoisotopic (exact) mass is 422 g/mol. The Labute approximate surface area is 154 Å². The molecule has 7 nitrogen and oxygen atoms in total. The standard InChI is InChI=1S/C15H12BrFN6OS/c1-8-11-19-20-12(13-18-15(16)21-25-13)23(11)7-6-22(8)14(24)9-2-4-10(17)5-3-9/h2-5,8H,6-7H2,1H3/t8-/m1/s1. The Balaban J connectivity index is 1.63. The fourth-order valence-corrected chi connectivity index (χ4v) is 3.95. The molecule has 0 unspecified atom stereocenters. The van der Waals surface area contributed by atoms with Gasteiger partial charge in [0.1, 0.15) is 5.82 Å². The van der Waals surface area contributed by atoms with E-state index in [-0.39, 0.29) is 17.8 Å². The summed E-state index contributed by atoms with van der Waals surface area (Å²) in [4.78, 5) is 18.7. The maximum absolute atomic E-state index is 13.1. The van der Waals surface area contributed by atoms with Gasteiger partial charge >= 0.3 is 0 Å².